The summed E-state index contributed by atoms with van der Waals surface area (Å²) in [5, 5.41) is 0.689. The average Bonchev–Trinajstić information content (AvgIpc) is 3.46. The lowest BCUT2D eigenvalue weighted by Crippen LogP contribution is -2.33. The lowest BCUT2D eigenvalue weighted by molar-refractivity contribution is 0.0856. The van der Waals surface area contributed by atoms with Crippen LogP contribution in [0.5, 0.6) is 5.75 Å². The van der Waals surface area contributed by atoms with Crippen LogP contribution in [0.4, 0.5) is 5.69 Å². The molecule has 2 aliphatic heterocycles. The van der Waals surface area contributed by atoms with Crippen LogP contribution < -0.4 is 9.64 Å². The number of amides is 3. The third-order valence-electron chi connectivity index (χ3n) is 5.97. The number of nitrogens with zero attached hydrogens (tertiary/aromatic N) is 3. The number of ether oxygens (including phenoxy) is 1. The SMILES string of the molecule is COc1ccc(CCN=C2SCCN2C(=O)c2cccc(N3C(=O)c4ccccc4C3=O)c2)cc1. The van der Waals surface area contributed by atoms with E-state index in [-0.39, 0.29) is 17.7 Å². The molecule has 8 heteroatoms. The summed E-state index contributed by atoms with van der Waals surface area (Å²) in [6.45, 7) is 1.12. The van der Waals surface area contributed by atoms with Gasteiger partial charge in [-0.15, -0.1) is 0 Å². The Kier molecular flexibility index (Phi) is 6.37. The lowest BCUT2D eigenvalue weighted by atomic mass is 10.1. The molecule has 0 N–H and O–H groups in total. The van der Waals surface area contributed by atoms with Crippen LogP contribution in [-0.2, 0) is 6.42 Å². The van der Waals surface area contributed by atoms with E-state index in [9.17, 15) is 14.4 Å². The minimum atomic E-state index is -0.382. The molecule has 0 aromatic heterocycles. The number of carbonyl (C=O) groups is 3. The lowest BCUT2D eigenvalue weighted by Gasteiger charge is -2.18. The first kappa shape index (κ1) is 22.9. The molecule has 5 rings (SSSR count). The topological polar surface area (TPSA) is 79.3 Å². The Morgan fingerprint density at radius 1 is 0.971 bits per heavy atom. The third-order valence-corrected chi connectivity index (χ3v) is 6.97. The number of imide groups is 1. The van der Waals surface area contributed by atoms with Gasteiger partial charge in [-0.05, 0) is 54.4 Å². The minimum Gasteiger partial charge on any atom is -0.497 e. The van der Waals surface area contributed by atoms with E-state index in [0.717, 1.165) is 28.4 Å². The van der Waals surface area contributed by atoms with Gasteiger partial charge in [0.25, 0.3) is 17.7 Å². The molecule has 1 fully saturated rings. The Hall–Kier alpha value is -3.91. The van der Waals surface area contributed by atoms with Gasteiger partial charge in [0.05, 0.1) is 23.9 Å². The number of methoxy groups -OCH3 is 1. The molecule has 1 saturated heterocycles. The third kappa shape index (κ3) is 4.44. The van der Waals surface area contributed by atoms with Gasteiger partial charge < -0.3 is 4.74 Å². The first-order valence-electron chi connectivity index (χ1n) is 11.3. The van der Waals surface area contributed by atoms with Gasteiger partial charge in [0.2, 0.25) is 0 Å². The average molecular weight is 486 g/mol. The molecule has 0 saturated carbocycles. The van der Waals surface area contributed by atoms with E-state index in [1.165, 1.54) is 0 Å². The number of thioether (sulfide) groups is 1. The van der Waals surface area contributed by atoms with Crippen LogP contribution in [0, 0.1) is 0 Å². The predicted molar refractivity (Wildman–Crippen MR) is 137 cm³/mol. The Balaban J connectivity index is 1.31. The first-order valence-corrected chi connectivity index (χ1v) is 12.3. The van der Waals surface area contributed by atoms with E-state index >= 15 is 0 Å². The molecule has 0 aliphatic carbocycles. The van der Waals surface area contributed by atoms with Gasteiger partial charge in [0, 0.05) is 24.4 Å². The maximum atomic E-state index is 13.3. The summed E-state index contributed by atoms with van der Waals surface area (Å²) in [4.78, 5) is 46.5. The van der Waals surface area contributed by atoms with E-state index in [4.69, 9.17) is 4.74 Å². The zero-order valence-corrected chi connectivity index (χ0v) is 20.0. The Bertz CT molecular complexity index is 1300. The molecule has 0 atom stereocenters. The Morgan fingerprint density at radius 3 is 2.37 bits per heavy atom. The number of carbonyl (C=O) groups excluding carboxylic acids is 3. The maximum Gasteiger partial charge on any atom is 0.266 e. The van der Waals surface area contributed by atoms with Crippen molar-refractivity contribution in [3.05, 3.63) is 95.1 Å². The van der Waals surface area contributed by atoms with Crippen molar-refractivity contribution < 1.29 is 19.1 Å². The molecule has 3 amide bonds. The summed E-state index contributed by atoms with van der Waals surface area (Å²) in [5.41, 5.74) is 2.67. The zero-order valence-electron chi connectivity index (χ0n) is 19.1. The molecule has 176 valence electrons. The van der Waals surface area contributed by atoms with E-state index in [2.05, 4.69) is 4.99 Å². The monoisotopic (exact) mass is 485 g/mol. The van der Waals surface area contributed by atoms with Crippen molar-refractivity contribution in [1.82, 2.24) is 4.90 Å². The Morgan fingerprint density at radius 2 is 1.69 bits per heavy atom. The summed E-state index contributed by atoms with van der Waals surface area (Å²) in [5.74, 6) is 0.620. The van der Waals surface area contributed by atoms with Gasteiger partial charge in [0.1, 0.15) is 5.75 Å². The molecule has 35 heavy (non-hydrogen) atoms. The van der Waals surface area contributed by atoms with E-state index in [0.29, 0.717) is 40.6 Å². The predicted octanol–water partition coefficient (Wildman–Crippen LogP) is 4.28. The van der Waals surface area contributed by atoms with Gasteiger partial charge in [0.15, 0.2) is 5.17 Å². The molecule has 3 aromatic carbocycles. The minimum absolute atomic E-state index is 0.198. The van der Waals surface area contributed by atoms with Gasteiger partial charge >= 0.3 is 0 Å². The van der Waals surface area contributed by atoms with Crippen LogP contribution in [0.1, 0.15) is 36.6 Å². The quantitative estimate of drug-likeness (QED) is 0.487. The van der Waals surface area contributed by atoms with Gasteiger partial charge in [-0.2, -0.15) is 0 Å². The van der Waals surface area contributed by atoms with Crippen molar-refractivity contribution in [2.45, 2.75) is 6.42 Å². The standard InChI is InChI=1S/C27H23N3O4S/c1-34-21-11-9-18(10-12-21)13-14-28-27-29(15-16-35-27)24(31)19-5-4-6-20(17-19)30-25(32)22-7-2-3-8-23(22)26(30)33/h2-12,17H,13-16H2,1H3. The molecule has 0 radical (unpaired) electrons. The van der Waals surface area contributed by atoms with Crippen molar-refractivity contribution in [3.8, 4) is 5.75 Å². The maximum absolute atomic E-state index is 13.3. The fraction of sp³-hybridized carbons (Fsp3) is 0.185. The van der Waals surface area contributed by atoms with Crippen LogP contribution in [0.3, 0.4) is 0 Å². The number of benzene rings is 3. The fourth-order valence-corrected chi connectivity index (χ4v) is 5.12. The first-order chi connectivity index (χ1) is 17.1. The summed E-state index contributed by atoms with van der Waals surface area (Å²) < 4.78 is 5.19. The summed E-state index contributed by atoms with van der Waals surface area (Å²) in [6.07, 6.45) is 0.755. The molecule has 7 nitrogen and oxygen atoms in total. The summed E-state index contributed by atoms with van der Waals surface area (Å²) in [6, 6.07) is 21.3. The summed E-state index contributed by atoms with van der Waals surface area (Å²) in [7, 11) is 1.64. The van der Waals surface area contributed by atoms with Crippen LogP contribution in [-0.4, -0.2) is 53.7 Å². The number of fused-ring (bicyclic) bond motifs is 1. The molecule has 2 heterocycles. The second-order valence-electron chi connectivity index (χ2n) is 8.11. The second kappa shape index (κ2) is 9.76. The normalized spacial score (nSPS) is 16.2. The smallest absolute Gasteiger partial charge is 0.266 e. The fourth-order valence-electron chi connectivity index (χ4n) is 4.15. The molecule has 2 aliphatic rings. The molecule has 0 unspecified atom stereocenters. The highest BCUT2D eigenvalue weighted by Gasteiger charge is 2.36. The number of hydrogen-bond donors (Lipinski definition) is 0. The van der Waals surface area contributed by atoms with Crippen molar-refractivity contribution in [2.75, 3.05) is 30.9 Å². The van der Waals surface area contributed by atoms with Crippen LogP contribution in [0.2, 0.25) is 0 Å². The molecule has 0 spiro atoms. The highest BCUT2D eigenvalue weighted by Crippen LogP contribution is 2.29. The molecular formula is C27H23N3O4S. The van der Waals surface area contributed by atoms with Crippen LogP contribution in [0.25, 0.3) is 0 Å². The Labute approximate surface area is 207 Å². The molecule has 3 aromatic rings. The highest BCUT2D eigenvalue weighted by molar-refractivity contribution is 8.14. The number of aliphatic imine (C=N–C) groups is 1. The van der Waals surface area contributed by atoms with Crippen molar-refractivity contribution in [1.29, 1.82) is 0 Å². The van der Waals surface area contributed by atoms with Crippen molar-refractivity contribution >= 4 is 40.3 Å². The van der Waals surface area contributed by atoms with Gasteiger partial charge in [-0.25, -0.2) is 4.90 Å². The molecular weight excluding hydrogens is 462 g/mol. The largest absolute Gasteiger partial charge is 0.497 e. The molecule has 0 bridgehead atoms. The van der Waals surface area contributed by atoms with Crippen molar-refractivity contribution in [3.63, 3.8) is 0 Å². The van der Waals surface area contributed by atoms with Gasteiger partial charge in [-0.3, -0.25) is 24.3 Å². The van der Waals surface area contributed by atoms with Crippen LogP contribution in [0.15, 0.2) is 77.8 Å². The number of anilines is 1. The van der Waals surface area contributed by atoms with E-state index in [1.807, 2.05) is 24.3 Å². The van der Waals surface area contributed by atoms with Crippen LogP contribution >= 0.6 is 11.8 Å². The van der Waals surface area contributed by atoms with E-state index < -0.39 is 0 Å². The number of rotatable bonds is 6. The van der Waals surface area contributed by atoms with E-state index in [1.54, 1.807) is 72.3 Å². The second-order valence-corrected chi connectivity index (χ2v) is 9.17. The number of hydrogen-bond acceptors (Lipinski definition) is 6. The number of amidine groups is 1. The van der Waals surface area contributed by atoms with Crippen molar-refractivity contribution in [2.24, 2.45) is 4.99 Å². The zero-order chi connectivity index (χ0) is 24.4. The highest BCUT2D eigenvalue weighted by atomic mass is 32.2. The summed E-state index contributed by atoms with van der Waals surface area (Å²) >= 11 is 1.55. The van der Waals surface area contributed by atoms with Gasteiger partial charge in [-0.1, -0.05) is 42.1 Å².